The summed E-state index contributed by atoms with van der Waals surface area (Å²) in [7, 11) is 0. The predicted molar refractivity (Wildman–Crippen MR) is 43.8 cm³/mol. The molecule has 1 aliphatic carbocycles. The summed E-state index contributed by atoms with van der Waals surface area (Å²) in [5.41, 5.74) is 5.98. The van der Waals surface area contributed by atoms with E-state index in [2.05, 4.69) is 4.98 Å². The second-order valence-corrected chi connectivity index (χ2v) is 3.39. The summed E-state index contributed by atoms with van der Waals surface area (Å²) in [5.74, 6) is -0.871. The maximum Gasteiger partial charge on any atom is 0.213 e. The summed E-state index contributed by atoms with van der Waals surface area (Å²) in [6.07, 6.45) is 2.89. The molecule has 0 amide bonds. The van der Waals surface area contributed by atoms with Crippen LogP contribution in [-0.4, -0.2) is 4.98 Å². The first kappa shape index (κ1) is 8.56. The lowest BCUT2D eigenvalue weighted by molar-refractivity contribution is 0.519. The molecule has 13 heavy (non-hydrogen) atoms. The first-order valence-electron chi connectivity index (χ1n) is 4.25. The van der Waals surface area contributed by atoms with Crippen molar-refractivity contribution < 1.29 is 8.78 Å². The van der Waals surface area contributed by atoms with E-state index >= 15 is 0 Å². The zero-order valence-electron chi connectivity index (χ0n) is 7.00. The molecule has 0 bridgehead atoms. The van der Waals surface area contributed by atoms with Gasteiger partial charge >= 0.3 is 0 Å². The summed E-state index contributed by atoms with van der Waals surface area (Å²) in [4.78, 5) is 3.20. The first-order valence-corrected chi connectivity index (χ1v) is 4.25. The molecule has 4 heteroatoms. The van der Waals surface area contributed by atoms with Gasteiger partial charge < -0.3 is 5.73 Å². The lowest BCUT2D eigenvalue weighted by Gasteiger charge is -2.10. The third-order valence-corrected chi connectivity index (χ3v) is 2.34. The summed E-state index contributed by atoms with van der Waals surface area (Å²) < 4.78 is 25.8. The van der Waals surface area contributed by atoms with Crippen molar-refractivity contribution in [1.82, 2.24) is 4.98 Å². The summed E-state index contributed by atoms with van der Waals surface area (Å²) in [6.45, 7) is 0. The van der Waals surface area contributed by atoms with Gasteiger partial charge in [0.2, 0.25) is 5.95 Å². The van der Waals surface area contributed by atoms with Crippen molar-refractivity contribution in [3.05, 3.63) is 29.6 Å². The standard InChI is InChI=1S/C9H10F2N2/c10-7-4-13-8(11)3-6(7)9(12)5-1-2-5/h3-5,9H,1-2,12H2. The molecule has 1 unspecified atom stereocenters. The molecular weight excluding hydrogens is 174 g/mol. The van der Waals surface area contributed by atoms with Crippen LogP contribution in [0, 0.1) is 17.7 Å². The average molecular weight is 184 g/mol. The molecule has 1 aliphatic rings. The fourth-order valence-electron chi connectivity index (χ4n) is 1.39. The minimum Gasteiger partial charge on any atom is -0.324 e. The Morgan fingerprint density at radius 1 is 1.46 bits per heavy atom. The Kier molecular flexibility index (Phi) is 2.00. The summed E-state index contributed by atoms with van der Waals surface area (Å²) in [6, 6.07) is 0.704. The lowest BCUT2D eigenvalue weighted by atomic mass is 10.0. The van der Waals surface area contributed by atoms with Crippen LogP contribution in [0.2, 0.25) is 0 Å². The number of hydrogen-bond donors (Lipinski definition) is 1. The van der Waals surface area contributed by atoms with Gasteiger partial charge in [-0.05, 0) is 18.8 Å². The molecule has 0 spiro atoms. The normalized spacial score (nSPS) is 18.7. The summed E-state index contributed by atoms with van der Waals surface area (Å²) >= 11 is 0. The molecule has 2 N–H and O–H groups in total. The Morgan fingerprint density at radius 3 is 2.77 bits per heavy atom. The molecule has 1 atom stereocenters. The molecule has 2 rings (SSSR count). The highest BCUT2D eigenvalue weighted by atomic mass is 19.1. The van der Waals surface area contributed by atoms with Gasteiger partial charge in [0.15, 0.2) is 0 Å². The molecule has 2 nitrogen and oxygen atoms in total. The van der Waals surface area contributed by atoms with E-state index in [-0.39, 0.29) is 11.6 Å². The molecular formula is C9H10F2N2. The van der Waals surface area contributed by atoms with Crippen LogP contribution in [0.4, 0.5) is 8.78 Å². The number of nitrogens with zero attached hydrogens (tertiary/aromatic N) is 1. The molecule has 0 radical (unpaired) electrons. The summed E-state index contributed by atoms with van der Waals surface area (Å²) in [5, 5.41) is 0. The van der Waals surface area contributed by atoms with Crippen molar-refractivity contribution in [2.24, 2.45) is 11.7 Å². The van der Waals surface area contributed by atoms with E-state index in [1.807, 2.05) is 0 Å². The number of aromatic nitrogens is 1. The lowest BCUT2D eigenvalue weighted by Crippen LogP contribution is -2.14. The van der Waals surface area contributed by atoms with E-state index in [1.54, 1.807) is 0 Å². The third-order valence-electron chi connectivity index (χ3n) is 2.34. The molecule has 1 aromatic rings. The number of pyridine rings is 1. The van der Waals surface area contributed by atoms with Gasteiger partial charge in [-0.3, -0.25) is 0 Å². The van der Waals surface area contributed by atoms with E-state index in [9.17, 15) is 8.78 Å². The van der Waals surface area contributed by atoms with Crippen molar-refractivity contribution >= 4 is 0 Å². The van der Waals surface area contributed by atoms with Crippen LogP contribution >= 0.6 is 0 Å². The van der Waals surface area contributed by atoms with Crippen molar-refractivity contribution in [2.45, 2.75) is 18.9 Å². The van der Waals surface area contributed by atoms with Crippen LogP contribution in [0.15, 0.2) is 12.3 Å². The second-order valence-electron chi connectivity index (χ2n) is 3.39. The van der Waals surface area contributed by atoms with Gasteiger partial charge in [-0.15, -0.1) is 0 Å². The molecule has 0 aliphatic heterocycles. The van der Waals surface area contributed by atoms with E-state index < -0.39 is 11.8 Å². The Hall–Kier alpha value is -1.03. The van der Waals surface area contributed by atoms with Crippen LogP contribution in [0.1, 0.15) is 24.4 Å². The van der Waals surface area contributed by atoms with Gasteiger partial charge in [0.1, 0.15) is 5.82 Å². The van der Waals surface area contributed by atoms with E-state index in [0.29, 0.717) is 5.92 Å². The van der Waals surface area contributed by atoms with Gasteiger partial charge in [-0.2, -0.15) is 4.39 Å². The molecule has 1 aromatic heterocycles. The number of rotatable bonds is 2. The van der Waals surface area contributed by atoms with Crippen molar-refractivity contribution in [3.8, 4) is 0 Å². The smallest absolute Gasteiger partial charge is 0.213 e. The maximum atomic E-state index is 13.1. The highest BCUT2D eigenvalue weighted by Crippen LogP contribution is 2.39. The van der Waals surface area contributed by atoms with Gasteiger partial charge in [0, 0.05) is 17.7 Å². The van der Waals surface area contributed by atoms with Crippen LogP contribution < -0.4 is 5.73 Å². The number of nitrogens with two attached hydrogens (primary N) is 1. The minimum absolute atomic E-state index is 0.245. The van der Waals surface area contributed by atoms with Crippen LogP contribution in [0.3, 0.4) is 0 Å². The Labute approximate surface area is 74.8 Å². The Balaban J connectivity index is 2.31. The first-order chi connectivity index (χ1) is 6.18. The highest BCUT2D eigenvalue weighted by molar-refractivity contribution is 5.19. The Morgan fingerprint density at radius 2 is 2.15 bits per heavy atom. The van der Waals surface area contributed by atoms with Gasteiger partial charge in [0.25, 0.3) is 0 Å². The zero-order chi connectivity index (χ0) is 9.42. The minimum atomic E-state index is -0.674. The molecule has 0 saturated heterocycles. The third kappa shape index (κ3) is 1.67. The quantitative estimate of drug-likeness (QED) is 0.711. The van der Waals surface area contributed by atoms with Crippen LogP contribution in [0.25, 0.3) is 0 Å². The Bertz CT molecular complexity index is 323. The monoisotopic (exact) mass is 184 g/mol. The topological polar surface area (TPSA) is 38.9 Å². The molecule has 0 aromatic carbocycles. The van der Waals surface area contributed by atoms with Crippen molar-refractivity contribution in [2.75, 3.05) is 0 Å². The van der Waals surface area contributed by atoms with Crippen molar-refractivity contribution in [3.63, 3.8) is 0 Å². The van der Waals surface area contributed by atoms with E-state index in [4.69, 9.17) is 5.73 Å². The molecule has 1 heterocycles. The fraction of sp³-hybridized carbons (Fsp3) is 0.444. The second kappa shape index (κ2) is 3.03. The zero-order valence-corrected chi connectivity index (χ0v) is 7.00. The van der Waals surface area contributed by atoms with E-state index in [1.165, 1.54) is 0 Å². The molecule has 70 valence electrons. The number of halogens is 2. The van der Waals surface area contributed by atoms with Gasteiger partial charge in [-0.25, -0.2) is 9.37 Å². The highest BCUT2D eigenvalue weighted by Gasteiger charge is 2.31. The SMILES string of the molecule is NC(c1cc(F)ncc1F)C1CC1. The predicted octanol–water partition coefficient (Wildman–Crippen LogP) is 1.77. The molecule has 1 fully saturated rings. The van der Waals surface area contributed by atoms with E-state index in [0.717, 1.165) is 25.1 Å². The average Bonchev–Trinajstić information content (AvgIpc) is 2.91. The molecule has 1 saturated carbocycles. The fourth-order valence-corrected chi connectivity index (χ4v) is 1.39. The van der Waals surface area contributed by atoms with Crippen LogP contribution in [0.5, 0.6) is 0 Å². The van der Waals surface area contributed by atoms with Crippen LogP contribution in [-0.2, 0) is 0 Å². The largest absolute Gasteiger partial charge is 0.324 e. The van der Waals surface area contributed by atoms with Crippen molar-refractivity contribution in [1.29, 1.82) is 0 Å². The van der Waals surface area contributed by atoms with Gasteiger partial charge in [0.05, 0.1) is 6.20 Å². The van der Waals surface area contributed by atoms with Gasteiger partial charge in [-0.1, -0.05) is 0 Å². The number of hydrogen-bond acceptors (Lipinski definition) is 2. The maximum absolute atomic E-state index is 13.1.